The van der Waals surface area contributed by atoms with Gasteiger partial charge in [0.1, 0.15) is 5.82 Å². The Bertz CT molecular complexity index is 1280. The first-order valence-electron chi connectivity index (χ1n) is 9.25. The zero-order valence-electron chi connectivity index (χ0n) is 15.3. The molecule has 3 heterocycles. The Morgan fingerprint density at radius 3 is 2.76 bits per heavy atom. The minimum absolute atomic E-state index is 0.0650. The lowest BCUT2D eigenvalue weighted by Gasteiger charge is -2.36. The molecule has 1 aromatic carbocycles. The van der Waals surface area contributed by atoms with Gasteiger partial charge in [-0.05, 0) is 38.0 Å². The summed E-state index contributed by atoms with van der Waals surface area (Å²) in [4.78, 5) is 26.4. The zero-order chi connectivity index (χ0) is 20.3. The third-order valence-corrected chi connectivity index (χ3v) is 6.34. The lowest BCUT2D eigenvalue weighted by atomic mass is 9.74. The van der Waals surface area contributed by atoms with Crippen molar-refractivity contribution in [3.05, 3.63) is 46.2 Å². The molecule has 6 nitrogen and oxygen atoms in total. The van der Waals surface area contributed by atoms with Crippen LogP contribution >= 0.6 is 11.3 Å². The Balaban J connectivity index is 1.71. The smallest absolute Gasteiger partial charge is 0.315 e. The molecule has 1 aliphatic rings. The molecule has 0 N–H and O–H groups in total. The Kier molecular flexibility index (Phi) is 4.02. The second kappa shape index (κ2) is 6.38. The number of thiazole rings is 1. The van der Waals surface area contributed by atoms with E-state index in [1.165, 1.54) is 15.9 Å². The molecule has 0 saturated heterocycles. The Labute approximate surface area is 166 Å². The highest BCUT2D eigenvalue weighted by atomic mass is 32.1. The fourth-order valence-corrected chi connectivity index (χ4v) is 4.56. The SMILES string of the molecule is CCn1cnc2c(=O)n(-c3ccc4ncsc4c3)c(C3CC(C(F)(F)F)C3)nc21. The number of rotatable bonds is 3. The van der Waals surface area contributed by atoms with Crippen LogP contribution in [0.1, 0.15) is 31.5 Å². The molecule has 150 valence electrons. The lowest BCUT2D eigenvalue weighted by Crippen LogP contribution is -2.37. The first kappa shape index (κ1) is 18.3. The van der Waals surface area contributed by atoms with E-state index in [9.17, 15) is 18.0 Å². The highest BCUT2D eigenvalue weighted by Crippen LogP contribution is 2.49. The van der Waals surface area contributed by atoms with Gasteiger partial charge in [0.25, 0.3) is 5.56 Å². The molecule has 0 bridgehead atoms. The van der Waals surface area contributed by atoms with Crippen LogP contribution in [0.15, 0.2) is 34.8 Å². The summed E-state index contributed by atoms with van der Waals surface area (Å²) < 4.78 is 43.2. The Morgan fingerprint density at radius 2 is 2.03 bits per heavy atom. The molecule has 10 heteroatoms. The van der Waals surface area contributed by atoms with Gasteiger partial charge in [-0.3, -0.25) is 9.36 Å². The standard InChI is InChI=1S/C19H16F3N5OS/c1-2-26-8-23-15-17(26)25-16(10-5-11(6-10)19(20,21)22)27(18(15)28)12-3-4-13-14(7-12)29-9-24-13/h3-4,7-11H,2,5-6H2,1H3. The van der Waals surface area contributed by atoms with Crippen LogP contribution in [0, 0.1) is 5.92 Å². The van der Waals surface area contributed by atoms with Crippen molar-refractivity contribution in [2.75, 3.05) is 0 Å². The molecular weight excluding hydrogens is 403 g/mol. The summed E-state index contributed by atoms with van der Waals surface area (Å²) in [5, 5.41) is 0. The number of hydrogen-bond donors (Lipinski definition) is 0. The third-order valence-electron chi connectivity index (χ3n) is 5.55. The number of aromatic nitrogens is 5. The summed E-state index contributed by atoms with van der Waals surface area (Å²) in [6.07, 6.45) is -2.81. The average molecular weight is 419 g/mol. The minimum atomic E-state index is -4.22. The predicted molar refractivity (Wildman–Crippen MR) is 103 cm³/mol. The maximum absolute atomic E-state index is 13.3. The Morgan fingerprint density at radius 1 is 1.24 bits per heavy atom. The van der Waals surface area contributed by atoms with Gasteiger partial charge in [0, 0.05) is 12.5 Å². The number of alkyl halides is 3. The van der Waals surface area contributed by atoms with E-state index >= 15 is 0 Å². The van der Waals surface area contributed by atoms with E-state index < -0.39 is 18.0 Å². The second-order valence-corrected chi connectivity index (χ2v) is 8.11. The Hall–Kier alpha value is -2.75. The van der Waals surface area contributed by atoms with Crippen molar-refractivity contribution in [3.8, 4) is 5.69 Å². The van der Waals surface area contributed by atoms with Crippen LogP contribution in [-0.4, -0.2) is 30.3 Å². The summed E-state index contributed by atoms with van der Waals surface area (Å²) in [6, 6.07) is 5.37. The molecule has 1 aliphatic carbocycles. The van der Waals surface area contributed by atoms with Crippen molar-refractivity contribution in [2.24, 2.45) is 5.92 Å². The number of aryl methyl sites for hydroxylation is 1. The van der Waals surface area contributed by atoms with Crippen molar-refractivity contribution >= 4 is 32.7 Å². The molecule has 1 saturated carbocycles. The first-order valence-corrected chi connectivity index (χ1v) is 10.1. The molecule has 0 unspecified atom stereocenters. The number of fused-ring (bicyclic) bond motifs is 2. The normalized spacial score (nSPS) is 19.7. The van der Waals surface area contributed by atoms with E-state index in [-0.39, 0.29) is 23.9 Å². The number of halogens is 3. The monoisotopic (exact) mass is 419 g/mol. The van der Waals surface area contributed by atoms with Gasteiger partial charge in [0.15, 0.2) is 11.2 Å². The lowest BCUT2D eigenvalue weighted by molar-refractivity contribution is -0.198. The molecule has 5 rings (SSSR count). The number of imidazole rings is 1. The van der Waals surface area contributed by atoms with Crippen molar-refractivity contribution < 1.29 is 13.2 Å². The largest absolute Gasteiger partial charge is 0.391 e. The summed E-state index contributed by atoms with van der Waals surface area (Å²) >= 11 is 1.44. The fourth-order valence-electron chi connectivity index (χ4n) is 3.85. The first-order chi connectivity index (χ1) is 13.9. The van der Waals surface area contributed by atoms with Crippen molar-refractivity contribution in [2.45, 2.75) is 38.4 Å². The molecule has 3 aromatic heterocycles. The number of benzene rings is 1. The van der Waals surface area contributed by atoms with E-state index in [1.807, 2.05) is 13.0 Å². The molecule has 0 atom stereocenters. The van der Waals surface area contributed by atoms with Crippen molar-refractivity contribution in [1.82, 2.24) is 24.1 Å². The maximum atomic E-state index is 13.3. The third kappa shape index (κ3) is 2.85. The minimum Gasteiger partial charge on any atom is -0.315 e. The van der Waals surface area contributed by atoms with E-state index in [1.54, 1.807) is 28.5 Å². The van der Waals surface area contributed by atoms with Crippen LogP contribution in [0.2, 0.25) is 0 Å². The van der Waals surface area contributed by atoms with Crippen molar-refractivity contribution in [1.29, 1.82) is 0 Å². The highest BCUT2D eigenvalue weighted by Gasteiger charge is 2.49. The van der Waals surface area contributed by atoms with Gasteiger partial charge in [0.05, 0.1) is 33.7 Å². The van der Waals surface area contributed by atoms with Gasteiger partial charge in [0.2, 0.25) is 0 Å². The molecule has 29 heavy (non-hydrogen) atoms. The van der Waals surface area contributed by atoms with E-state index in [4.69, 9.17) is 0 Å². The summed E-state index contributed by atoms with van der Waals surface area (Å²) in [6.45, 7) is 2.46. The molecular formula is C19H16F3N5OS. The van der Waals surface area contributed by atoms with Crippen LogP contribution in [0.25, 0.3) is 27.1 Å². The maximum Gasteiger partial charge on any atom is 0.391 e. The number of hydrogen-bond acceptors (Lipinski definition) is 5. The second-order valence-electron chi connectivity index (χ2n) is 7.22. The van der Waals surface area contributed by atoms with Gasteiger partial charge in [-0.2, -0.15) is 13.2 Å². The van der Waals surface area contributed by atoms with E-state index in [0.29, 0.717) is 23.7 Å². The van der Waals surface area contributed by atoms with E-state index in [2.05, 4.69) is 15.0 Å². The quantitative estimate of drug-likeness (QED) is 0.498. The van der Waals surface area contributed by atoms with Crippen LogP contribution in [0.4, 0.5) is 13.2 Å². The van der Waals surface area contributed by atoms with Crippen LogP contribution < -0.4 is 5.56 Å². The predicted octanol–water partition coefficient (Wildman–Crippen LogP) is 4.27. The zero-order valence-corrected chi connectivity index (χ0v) is 16.2. The summed E-state index contributed by atoms with van der Waals surface area (Å²) in [7, 11) is 0. The molecule has 0 amide bonds. The fraction of sp³-hybridized carbons (Fsp3) is 0.368. The van der Waals surface area contributed by atoms with Crippen LogP contribution in [0.3, 0.4) is 0 Å². The topological polar surface area (TPSA) is 65.6 Å². The van der Waals surface area contributed by atoms with E-state index in [0.717, 1.165) is 10.2 Å². The summed E-state index contributed by atoms with van der Waals surface area (Å²) in [5.41, 5.74) is 3.35. The van der Waals surface area contributed by atoms with Gasteiger partial charge in [-0.25, -0.2) is 15.0 Å². The molecule has 1 fully saturated rings. The molecule has 4 aromatic rings. The molecule has 0 aliphatic heterocycles. The van der Waals surface area contributed by atoms with Gasteiger partial charge >= 0.3 is 6.18 Å². The number of nitrogens with zero attached hydrogens (tertiary/aromatic N) is 5. The molecule has 0 radical (unpaired) electrons. The highest BCUT2D eigenvalue weighted by molar-refractivity contribution is 7.16. The summed E-state index contributed by atoms with van der Waals surface area (Å²) in [5.74, 6) is -1.42. The van der Waals surface area contributed by atoms with Crippen LogP contribution in [-0.2, 0) is 6.54 Å². The van der Waals surface area contributed by atoms with Gasteiger partial charge < -0.3 is 4.57 Å². The molecule has 0 spiro atoms. The van der Waals surface area contributed by atoms with Crippen molar-refractivity contribution in [3.63, 3.8) is 0 Å². The van der Waals surface area contributed by atoms with Gasteiger partial charge in [-0.1, -0.05) is 0 Å². The average Bonchev–Trinajstić information content (AvgIpc) is 3.25. The van der Waals surface area contributed by atoms with Crippen LogP contribution in [0.5, 0.6) is 0 Å². The van der Waals surface area contributed by atoms with Gasteiger partial charge in [-0.15, -0.1) is 11.3 Å².